The number of rotatable bonds is 3. The minimum absolute atomic E-state index is 0.00657. The Bertz CT molecular complexity index is 966. The molecule has 0 aliphatic carbocycles. The first-order valence-electron chi connectivity index (χ1n) is 7.59. The summed E-state index contributed by atoms with van der Waals surface area (Å²) in [5.74, 6) is 1.10. The van der Waals surface area contributed by atoms with E-state index in [1.807, 2.05) is 12.1 Å². The normalized spacial score (nSPS) is 15.7. The molecular weight excluding hydrogens is 447 g/mol. The van der Waals surface area contributed by atoms with Gasteiger partial charge in [-0.05, 0) is 46.4 Å². The molecule has 2 aromatic carbocycles. The first-order valence-corrected chi connectivity index (χ1v) is 8.67. The molecule has 0 spiro atoms. The van der Waals surface area contributed by atoms with E-state index in [0.717, 1.165) is 9.13 Å². The summed E-state index contributed by atoms with van der Waals surface area (Å²) in [5.41, 5.74) is 20.4. The second kappa shape index (κ2) is 6.84. The number of fused-ring (bicyclic) bond motifs is 1. The molecule has 1 unspecified atom stereocenters. The van der Waals surface area contributed by atoms with E-state index in [9.17, 15) is 5.26 Å². The maximum absolute atomic E-state index is 9.66. The van der Waals surface area contributed by atoms with Crippen molar-refractivity contribution < 1.29 is 14.2 Å². The molecule has 1 aliphatic heterocycles. The largest absolute Gasteiger partial charge is 0.493 e. The van der Waals surface area contributed by atoms with Gasteiger partial charge in [0.25, 0.3) is 0 Å². The number of ether oxygens (including phenoxy) is 3. The van der Waals surface area contributed by atoms with Gasteiger partial charge < -0.3 is 31.4 Å². The summed E-state index contributed by atoms with van der Waals surface area (Å²) < 4.78 is 17.3. The second-order valence-corrected chi connectivity index (χ2v) is 6.81. The molecule has 0 aromatic heterocycles. The van der Waals surface area contributed by atoms with E-state index in [1.165, 1.54) is 0 Å². The van der Waals surface area contributed by atoms with Gasteiger partial charge in [-0.25, -0.2) is 0 Å². The van der Waals surface area contributed by atoms with E-state index in [-0.39, 0.29) is 5.88 Å². The van der Waals surface area contributed by atoms with E-state index in [1.54, 1.807) is 26.4 Å². The van der Waals surface area contributed by atoms with Gasteiger partial charge in [0.1, 0.15) is 11.6 Å². The molecule has 0 saturated carbocycles. The van der Waals surface area contributed by atoms with Crippen LogP contribution < -0.4 is 31.4 Å². The Morgan fingerprint density at radius 3 is 2.50 bits per heavy atom. The monoisotopic (exact) mass is 464 g/mol. The van der Waals surface area contributed by atoms with Crippen molar-refractivity contribution >= 4 is 34.0 Å². The summed E-state index contributed by atoms with van der Waals surface area (Å²) in [7, 11) is 3.13. The first kappa shape index (κ1) is 18.0. The molecule has 3 rings (SSSR count). The van der Waals surface area contributed by atoms with Crippen molar-refractivity contribution in [3.8, 4) is 23.3 Å². The molecule has 1 heterocycles. The minimum atomic E-state index is -0.458. The van der Waals surface area contributed by atoms with Crippen molar-refractivity contribution in [2.45, 2.75) is 5.92 Å². The van der Waals surface area contributed by atoms with Gasteiger partial charge in [-0.15, -0.1) is 0 Å². The quantitative estimate of drug-likeness (QED) is 0.471. The molecular formula is C18H17IN4O3. The van der Waals surface area contributed by atoms with E-state index in [0.29, 0.717) is 39.8 Å². The average Bonchev–Trinajstić information content (AvgIpc) is 2.63. The van der Waals surface area contributed by atoms with E-state index in [2.05, 4.69) is 28.7 Å². The van der Waals surface area contributed by atoms with Gasteiger partial charge in [0, 0.05) is 5.56 Å². The van der Waals surface area contributed by atoms with Gasteiger partial charge in [0.05, 0.1) is 35.1 Å². The van der Waals surface area contributed by atoms with E-state index >= 15 is 0 Å². The van der Waals surface area contributed by atoms with Crippen LogP contribution in [0.15, 0.2) is 35.7 Å². The van der Waals surface area contributed by atoms with Gasteiger partial charge in [0.2, 0.25) is 5.88 Å². The molecule has 0 saturated heterocycles. The molecule has 0 fully saturated rings. The summed E-state index contributed by atoms with van der Waals surface area (Å²) >= 11 is 2.16. The van der Waals surface area contributed by atoms with Crippen molar-refractivity contribution in [3.05, 3.63) is 50.4 Å². The van der Waals surface area contributed by atoms with Crippen molar-refractivity contribution in [1.82, 2.24) is 0 Å². The second-order valence-electron chi connectivity index (χ2n) is 5.65. The first-order chi connectivity index (χ1) is 12.4. The zero-order valence-corrected chi connectivity index (χ0v) is 16.3. The zero-order valence-electron chi connectivity index (χ0n) is 14.2. The van der Waals surface area contributed by atoms with Crippen LogP contribution in [0.4, 0.5) is 11.4 Å². The van der Waals surface area contributed by atoms with Crippen molar-refractivity contribution in [3.63, 3.8) is 0 Å². The van der Waals surface area contributed by atoms with Crippen LogP contribution in [0, 0.1) is 14.9 Å². The topological polar surface area (TPSA) is 130 Å². The molecule has 6 N–H and O–H groups in total. The van der Waals surface area contributed by atoms with Crippen LogP contribution in [-0.4, -0.2) is 14.2 Å². The summed E-state index contributed by atoms with van der Waals surface area (Å²) in [5, 5.41) is 9.66. The molecule has 0 radical (unpaired) electrons. The van der Waals surface area contributed by atoms with Gasteiger partial charge >= 0.3 is 0 Å². The minimum Gasteiger partial charge on any atom is -0.493 e. The third-order valence-electron chi connectivity index (χ3n) is 4.25. The highest BCUT2D eigenvalue weighted by molar-refractivity contribution is 14.1. The Hall–Kier alpha value is -2.80. The molecule has 2 aromatic rings. The van der Waals surface area contributed by atoms with Crippen LogP contribution in [0.1, 0.15) is 17.0 Å². The number of nitrogen functional groups attached to an aromatic ring is 2. The molecule has 0 bridgehead atoms. The number of benzene rings is 2. The van der Waals surface area contributed by atoms with E-state index in [4.69, 9.17) is 31.4 Å². The van der Waals surface area contributed by atoms with Crippen molar-refractivity contribution in [2.75, 3.05) is 25.7 Å². The van der Waals surface area contributed by atoms with Crippen LogP contribution in [0.25, 0.3) is 0 Å². The smallest absolute Gasteiger partial charge is 0.205 e. The van der Waals surface area contributed by atoms with Crippen LogP contribution in [0.2, 0.25) is 0 Å². The van der Waals surface area contributed by atoms with Crippen molar-refractivity contribution in [2.24, 2.45) is 5.73 Å². The Morgan fingerprint density at radius 2 is 1.88 bits per heavy atom. The van der Waals surface area contributed by atoms with Gasteiger partial charge in [-0.2, -0.15) is 5.26 Å². The third-order valence-corrected chi connectivity index (χ3v) is 5.05. The van der Waals surface area contributed by atoms with Crippen LogP contribution in [0.3, 0.4) is 0 Å². The number of nitriles is 1. The molecule has 7 nitrogen and oxygen atoms in total. The fourth-order valence-electron chi connectivity index (χ4n) is 3.01. The third kappa shape index (κ3) is 2.74. The summed E-state index contributed by atoms with van der Waals surface area (Å²) in [6.45, 7) is 0. The number of nitrogens with zero attached hydrogens (tertiary/aromatic N) is 1. The lowest BCUT2D eigenvalue weighted by Gasteiger charge is -2.28. The number of hydrogen-bond acceptors (Lipinski definition) is 7. The zero-order chi connectivity index (χ0) is 19.0. The van der Waals surface area contributed by atoms with Gasteiger partial charge in [-0.1, -0.05) is 6.07 Å². The Balaban J connectivity index is 2.29. The lowest BCUT2D eigenvalue weighted by molar-refractivity contribution is 0.352. The van der Waals surface area contributed by atoms with Crippen LogP contribution in [-0.2, 0) is 0 Å². The standard InChI is InChI=1S/C18H17IN4O3/c1-24-13-6-8(5-11(19)17(13)25-2)14-9-3-4-12(21)15(22)16(9)26-18(23)10(14)7-20/h3-6,14H,21-23H2,1-2H3. The summed E-state index contributed by atoms with van der Waals surface area (Å²) in [6.07, 6.45) is 0. The molecule has 1 atom stereocenters. The maximum Gasteiger partial charge on any atom is 0.205 e. The van der Waals surface area contributed by atoms with Gasteiger partial charge in [-0.3, -0.25) is 0 Å². The predicted molar refractivity (Wildman–Crippen MR) is 107 cm³/mol. The number of nitrogens with two attached hydrogens (primary N) is 3. The Labute approximate surface area is 164 Å². The lowest BCUT2D eigenvalue weighted by Crippen LogP contribution is -2.22. The number of allylic oxidation sites excluding steroid dienone is 1. The molecule has 8 heteroatoms. The average molecular weight is 464 g/mol. The Morgan fingerprint density at radius 1 is 1.15 bits per heavy atom. The SMILES string of the molecule is COc1cc(C2C(C#N)=C(N)Oc3c2ccc(N)c3N)cc(I)c1OC. The molecule has 0 amide bonds. The van der Waals surface area contributed by atoms with Crippen molar-refractivity contribution in [1.29, 1.82) is 5.26 Å². The highest BCUT2D eigenvalue weighted by atomic mass is 127. The molecule has 26 heavy (non-hydrogen) atoms. The maximum atomic E-state index is 9.66. The summed E-state index contributed by atoms with van der Waals surface area (Å²) in [6, 6.07) is 9.36. The number of methoxy groups -OCH3 is 2. The van der Waals surface area contributed by atoms with Gasteiger partial charge in [0.15, 0.2) is 17.2 Å². The fourth-order valence-corrected chi connectivity index (χ4v) is 3.85. The number of hydrogen-bond donors (Lipinski definition) is 3. The fraction of sp³-hybridized carbons (Fsp3) is 0.167. The summed E-state index contributed by atoms with van der Waals surface area (Å²) in [4.78, 5) is 0. The number of halogens is 1. The highest BCUT2D eigenvalue weighted by Gasteiger charge is 2.33. The lowest BCUT2D eigenvalue weighted by atomic mass is 9.83. The molecule has 1 aliphatic rings. The highest BCUT2D eigenvalue weighted by Crippen LogP contribution is 2.48. The van der Waals surface area contributed by atoms with E-state index < -0.39 is 5.92 Å². The van der Waals surface area contributed by atoms with Crippen LogP contribution in [0.5, 0.6) is 17.2 Å². The molecule has 134 valence electrons. The van der Waals surface area contributed by atoms with Crippen LogP contribution >= 0.6 is 22.6 Å². The number of anilines is 2. The Kier molecular flexibility index (Phi) is 4.73. The predicted octanol–water partition coefficient (Wildman–Crippen LogP) is 2.69.